The van der Waals surface area contributed by atoms with E-state index in [0.29, 0.717) is 56.6 Å². The molecule has 0 bridgehead atoms. The molecule has 0 radical (unpaired) electrons. The van der Waals surface area contributed by atoms with Crippen LogP contribution < -0.4 is 5.73 Å². The van der Waals surface area contributed by atoms with E-state index < -0.39 is 5.91 Å². The fourth-order valence-corrected chi connectivity index (χ4v) is 11.6. The number of pyridine rings is 3. The van der Waals surface area contributed by atoms with Crippen molar-refractivity contribution < 1.29 is 33.4 Å². The van der Waals surface area contributed by atoms with Gasteiger partial charge in [-0.25, -0.2) is 14.4 Å². The highest BCUT2D eigenvalue weighted by atomic mass is 16.6. The minimum Gasteiger partial charge on any atom is -0.445 e. The van der Waals surface area contributed by atoms with E-state index in [4.69, 9.17) is 34.9 Å². The molecular weight excluding hydrogens is 1060 g/mol. The van der Waals surface area contributed by atoms with Gasteiger partial charge in [0.2, 0.25) is 0 Å². The summed E-state index contributed by atoms with van der Waals surface area (Å²) in [5, 5.41) is 0. The van der Waals surface area contributed by atoms with Crippen LogP contribution in [0.1, 0.15) is 124 Å². The van der Waals surface area contributed by atoms with E-state index in [0.717, 1.165) is 121 Å². The van der Waals surface area contributed by atoms with Crippen LogP contribution in [0.25, 0.3) is 22.5 Å². The summed E-state index contributed by atoms with van der Waals surface area (Å²) < 4.78 is 16.5. The maximum atomic E-state index is 12.6. The number of primary amides is 1. The standard InChI is InChI=1S/C25H25N3O3.C25H26N2O2.C21H24N2O2/c26-24(29)21-13-14-22(27-23(21)19-10-5-2-6-11-19)20-12-7-15-28(16-20)25(30)31-17-18-8-3-1-4-9-18;1-19-14-15-23(26-24(19)21-11-6-3-7-12-21)22-13-8-16-27(17-22)25(28)29-18-20-9-4-2-5-10-20;24-21(25-15-16-6-2-1-3-7-16)23-13-5-9-18(14-23)20-12-11-17-8-4-10-19(17)22-20/h1-6,8-11,13-14,20H,7,12,15-17H2,(H2,26,29);2-7,9-12,14-15,22H,8,13,16-18H2,1H3;1-3,6-7,11-12,18H,4-5,8-10,13-15H2. The molecule has 8 aromatic rings. The Kier molecular flexibility index (Phi) is 20.4. The van der Waals surface area contributed by atoms with Gasteiger partial charge in [0.05, 0.1) is 17.0 Å². The molecule has 3 aliphatic heterocycles. The van der Waals surface area contributed by atoms with E-state index in [1.165, 1.54) is 17.7 Å². The van der Waals surface area contributed by atoms with E-state index in [9.17, 15) is 19.2 Å². The summed E-state index contributed by atoms with van der Waals surface area (Å²) in [7, 11) is 0. The van der Waals surface area contributed by atoms with Crippen molar-refractivity contribution in [2.75, 3.05) is 39.3 Å². The van der Waals surface area contributed by atoms with Crippen LogP contribution in [0.4, 0.5) is 14.4 Å². The van der Waals surface area contributed by atoms with Gasteiger partial charge >= 0.3 is 18.3 Å². The Labute approximate surface area is 499 Å². The average molecular weight is 1140 g/mol. The van der Waals surface area contributed by atoms with Crippen LogP contribution in [0, 0.1) is 6.92 Å². The average Bonchev–Trinajstić information content (AvgIpc) is 4.10. The molecule has 6 heterocycles. The molecular formula is C71H75N7O7. The van der Waals surface area contributed by atoms with Crippen molar-refractivity contribution in [1.82, 2.24) is 29.7 Å². The summed E-state index contributed by atoms with van der Waals surface area (Å²) in [4.78, 5) is 69.6. The number of rotatable bonds is 12. The molecule has 4 aliphatic rings. The Balaban J connectivity index is 0.000000143. The summed E-state index contributed by atoms with van der Waals surface area (Å²) in [6, 6.07) is 61.3. The molecule has 5 aromatic carbocycles. The lowest BCUT2D eigenvalue weighted by Crippen LogP contribution is -2.39. The quantitative estimate of drug-likeness (QED) is 0.116. The van der Waals surface area contributed by atoms with Gasteiger partial charge in [-0.1, -0.05) is 164 Å². The van der Waals surface area contributed by atoms with E-state index >= 15 is 0 Å². The molecule has 3 saturated heterocycles. The highest BCUT2D eigenvalue weighted by Crippen LogP contribution is 2.33. The smallest absolute Gasteiger partial charge is 0.410 e. The predicted molar refractivity (Wildman–Crippen MR) is 329 cm³/mol. The van der Waals surface area contributed by atoms with Gasteiger partial charge in [-0.05, 0) is 117 Å². The number of piperidine rings is 3. The number of likely N-dealkylation sites (tertiary alicyclic amines) is 3. The summed E-state index contributed by atoms with van der Waals surface area (Å²) in [5.74, 6) is 0.120. The number of benzene rings is 5. The maximum absolute atomic E-state index is 12.6. The minimum atomic E-state index is -0.507. The minimum absolute atomic E-state index is 0.0717. The third-order valence-electron chi connectivity index (χ3n) is 16.3. The van der Waals surface area contributed by atoms with Gasteiger partial charge < -0.3 is 34.6 Å². The van der Waals surface area contributed by atoms with Crippen LogP contribution in [-0.2, 0) is 46.9 Å². The lowest BCUT2D eigenvalue weighted by molar-refractivity contribution is 0.0850. The number of carbonyl (C=O) groups is 4. The maximum Gasteiger partial charge on any atom is 0.410 e. The molecule has 3 aromatic heterocycles. The number of aromatic nitrogens is 3. The Morgan fingerprint density at radius 1 is 0.435 bits per heavy atom. The second kappa shape index (κ2) is 29.4. The number of nitrogens with zero attached hydrogens (tertiary/aromatic N) is 6. The van der Waals surface area contributed by atoms with Crippen LogP contribution in [0.2, 0.25) is 0 Å². The summed E-state index contributed by atoms with van der Waals surface area (Å²) in [5.41, 5.74) is 19.4. The summed E-state index contributed by atoms with van der Waals surface area (Å²) >= 11 is 0. The Morgan fingerprint density at radius 3 is 1.25 bits per heavy atom. The van der Waals surface area contributed by atoms with Gasteiger partial charge in [0, 0.05) is 90.9 Å². The SMILES string of the molecule is Cc1ccc(C2CCCN(C(=O)OCc3ccccc3)C2)nc1-c1ccccc1.NC(=O)c1ccc(C2CCCN(C(=O)OCc3ccccc3)C2)nc1-c1ccccc1.O=C(OCc1ccccc1)N1CCCC(c2ccc3c(n2)CCC3)C1. The fraction of sp³-hybridized carbons (Fsp3) is 0.310. The van der Waals surface area contributed by atoms with Crippen molar-refractivity contribution in [3.63, 3.8) is 0 Å². The number of amides is 4. The third kappa shape index (κ3) is 16.1. The second-order valence-electron chi connectivity index (χ2n) is 22.3. The van der Waals surface area contributed by atoms with Gasteiger partial charge in [0.15, 0.2) is 0 Å². The molecule has 85 heavy (non-hydrogen) atoms. The van der Waals surface area contributed by atoms with Gasteiger partial charge in [-0.2, -0.15) is 0 Å². The number of ether oxygens (including phenoxy) is 3. The number of nitrogens with two attached hydrogens (primary N) is 1. The molecule has 2 N–H and O–H groups in total. The van der Waals surface area contributed by atoms with Gasteiger partial charge in [0.1, 0.15) is 19.8 Å². The van der Waals surface area contributed by atoms with Gasteiger partial charge in [0.25, 0.3) is 5.91 Å². The predicted octanol–water partition coefficient (Wildman–Crippen LogP) is 14.0. The zero-order valence-electron chi connectivity index (χ0n) is 48.5. The molecule has 3 unspecified atom stereocenters. The molecule has 1 aliphatic carbocycles. The Hall–Kier alpha value is -9.17. The summed E-state index contributed by atoms with van der Waals surface area (Å²) in [6.45, 7) is 7.05. The van der Waals surface area contributed by atoms with Crippen LogP contribution in [0.5, 0.6) is 0 Å². The molecule has 4 amide bonds. The third-order valence-corrected chi connectivity index (χ3v) is 16.3. The van der Waals surface area contributed by atoms with Gasteiger partial charge in [-0.3, -0.25) is 19.7 Å². The number of hydrogen-bond acceptors (Lipinski definition) is 10. The van der Waals surface area contributed by atoms with Crippen molar-refractivity contribution >= 4 is 24.2 Å². The van der Waals surface area contributed by atoms with Crippen molar-refractivity contribution in [3.05, 3.63) is 244 Å². The van der Waals surface area contributed by atoms with Crippen LogP contribution in [0.15, 0.2) is 188 Å². The summed E-state index contributed by atoms with van der Waals surface area (Å²) in [6.07, 6.45) is 8.57. The number of carbonyl (C=O) groups excluding carboxylic acids is 4. The van der Waals surface area contributed by atoms with Crippen LogP contribution in [-0.4, -0.2) is 93.1 Å². The zero-order chi connectivity index (χ0) is 58.7. The Bertz CT molecular complexity index is 3480. The first-order chi connectivity index (χ1) is 41.6. The molecule has 436 valence electrons. The van der Waals surface area contributed by atoms with Crippen molar-refractivity contribution in [2.24, 2.45) is 5.73 Å². The zero-order valence-corrected chi connectivity index (χ0v) is 48.5. The highest BCUT2D eigenvalue weighted by Gasteiger charge is 2.30. The molecule has 12 rings (SSSR count). The first-order valence-corrected chi connectivity index (χ1v) is 29.9. The largest absolute Gasteiger partial charge is 0.445 e. The van der Waals surface area contributed by atoms with E-state index in [-0.39, 0.29) is 36.7 Å². The van der Waals surface area contributed by atoms with E-state index in [1.54, 1.807) is 11.0 Å². The Morgan fingerprint density at radius 2 is 0.812 bits per heavy atom. The first-order valence-electron chi connectivity index (χ1n) is 29.9. The molecule has 0 saturated carbocycles. The van der Waals surface area contributed by atoms with E-state index in [2.05, 4.69) is 43.3 Å². The van der Waals surface area contributed by atoms with E-state index in [1.807, 2.05) is 155 Å². The van der Waals surface area contributed by atoms with Crippen LogP contribution >= 0.6 is 0 Å². The normalized spacial score (nSPS) is 17.2. The second-order valence-corrected chi connectivity index (χ2v) is 22.3. The topological polar surface area (TPSA) is 170 Å². The lowest BCUT2D eigenvalue weighted by Gasteiger charge is -2.32. The van der Waals surface area contributed by atoms with Gasteiger partial charge in [-0.15, -0.1) is 0 Å². The molecule has 14 nitrogen and oxygen atoms in total. The fourth-order valence-electron chi connectivity index (χ4n) is 11.6. The molecule has 3 fully saturated rings. The molecule has 3 atom stereocenters. The van der Waals surface area contributed by atoms with Crippen molar-refractivity contribution in [2.45, 2.75) is 102 Å². The van der Waals surface area contributed by atoms with Crippen LogP contribution in [0.3, 0.4) is 0 Å². The number of aryl methyl sites for hydroxylation is 3. The lowest BCUT2D eigenvalue weighted by atomic mass is 9.93. The highest BCUT2D eigenvalue weighted by molar-refractivity contribution is 5.98. The van der Waals surface area contributed by atoms with Crippen molar-refractivity contribution in [1.29, 1.82) is 0 Å². The molecule has 0 spiro atoms. The monoisotopic (exact) mass is 1140 g/mol. The number of hydrogen-bond donors (Lipinski definition) is 1. The molecule has 14 heteroatoms. The first kappa shape index (κ1) is 59.0. The van der Waals surface area contributed by atoms with Crippen molar-refractivity contribution in [3.8, 4) is 22.5 Å². The number of fused-ring (bicyclic) bond motifs is 1.